The molecule has 0 saturated heterocycles. The summed E-state index contributed by atoms with van der Waals surface area (Å²) >= 11 is 5.98. The summed E-state index contributed by atoms with van der Waals surface area (Å²) in [6, 6.07) is 5.82. The second kappa shape index (κ2) is 7.87. The topological polar surface area (TPSA) is 30.5 Å². The highest BCUT2D eigenvalue weighted by Crippen LogP contribution is 2.30. The van der Waals surface area contributed by atoms with Gasteiger partial charge in [0.1, 0.15) is 11.9 Å². The molecule has 0 aromatic heterocycles. The van der Waals surface area contributed by atoms with Crippen molar-refractivity contribution < 1.29 is 9.47 Å². The molecule has 0 aliphatic carbocycles. The van der Waals surface area contributed by atoms with Crippen LogP contribution in [-0.4, -0.2) is 32.4 Å². The zero-order valence-electron chi connectivity index (χ0n) is 12.3. The van der Waals surface area contributed by atoms with Crippen LogP contribution in [0.3, 0.4) is 0 Å². The van der Waals surface area contributed by atoms with Crippen LogP contribution in [0.5, 0.6) is 5.75 Å². The predicted octanol–water partition coefficient (Wildman–Crippen LogP) is 3.30. The van der Waals surface area contributed by atoms with Gasteiger partial charge >= 0.3 is 0 Å². The second-order valence-electron chi connectivity index (χ2n) is 5.70. The lowest BCUT2D eigenvalue weighted by Gasteiger charge is -2.12. The SMILES string of the molecule is CC(C)CCOCCNCC1Cc2cc(Cl)ccc2O1. The summed E-state index contributed by atoms with van der Waals surface area (Å²) in [6.07, 6.45) is 2.26. The molecule has 1 atom stereocenters. The molecular formula is C16H24ClNO2. The van der Waals surface area contributed by atoms with E-state index in [0.29, 0.717) is 5.92 Å². The number of nitrogens with one attached hydrogen (secondary N) is 1. The van der Waals surface area contributed by atoms with Crippen LogP contribution >= 0.6 is 11.6 Å². The average Bonchev–Trinajstić information content (AvgIpc) is 2.79. The van der Waals surface area contributed by atoms with Gasteiger partial charge in [0.25, 0.3) is 0 Å². The molecule has 1 aromatic rings. The second-order valence-corrected chi connectivity index (χ2v) is 6.13. The van der Waals surface area contributed by atoms with Crippen molar-refractivity contribution in [1.82, 2.24) is 5.32 Å². The first-order chi connectivity index (χ1) is 9.65. The zero-order chi connectivity index (χ0) is 14.4. The molecule has 20 heavy (non-hydrogen) atoms. The first kappa shape index (κ1) is 15.6. The van der Waals surface area contributed by atoms with Gasteiger partial charge in [-0.15, -0.1) is 0 Å². The van der Waals surface area contributed by atoms with Crippen LogP contribution in [0.15, 0.2) is 18.2 Å². The van der Waals surface area contributed by atoms with Gasteiger partial charge in [-0.25, -0.2) is 0 Å². The van der Waals surface area contributed by atoms with Crippen molar-refractivity contribution in [2.24, 2.45) is 5.92 Å². The molecule has 0 bridgehead atoms. The van der Waals surface area contributed by atoms with Crippen LogP contribution in [0, 0.1) is 5.92 Å². The smallest absolute Gasteiger partial charge is 0.123 e. The van der Waals surface area contributed by atoms with Gasteiger partial charge in [-0.3, -0.25) is 0 Å². The van der Waals surface area contributed by atoms with Gasteiger partial charge in [-0.05, 0) is 36.1 Å². The molecule has 0 amide bonds. The standard InChI is InChI=1S/C16H24ClNO2/c1-12(2)5-7-19-8-6-18-11-15-10-13-9-14(17)3-4-16(13)20-15/h3-4,9,12,15,18H,5-8,10-11H2,1-2H3. The van der Waals surface area contributed by atoms with E-state index in [1.807, 2.05) is 18.2 Å². The van der Waals surface area contributed by atoms with Crippen molar-refractivity contribution in [1.29, 1.82) is 0 Å². The first-order valence-electron chi connectivity index (χ1n) is 7.38. The molecule has 4 heteroatoms. The lowest BCUT2D eigenvalue weighted by Crippen LogP contribution is -2.32. The molecule has 0 spiro atoms. The van der Waals surface area contributed by atoms with Gasteiger partial charge in [0, 0.05) is 31.1 Å². The molecule has 0 fully saturated rings. The fourth-order valence-electron chi connectivity index (χ4n) is 2.23. The molecule has 1 heterocycles. The van der Waals surface area contributed by atoms with E-state index in [0.717, 1.165) is 49.9 Å². The van der Waals surface area contributed by atoms with Gasteiger partial charge in [-0.2, -0.15) is 0 Å². The van der Waals surface area contributed by atoms with E-state index in [4.69, 9.17) is 21.1 Å². The molecule has 1 N–H and O–H groups in total. The number of hydrogen-bond donors (Lipinski definition) is 1. The van der Waals surface area contributed by atoms with Crippen molar-refractivity contribution in [2.45, 2.75) is 32.8 Å². The van der Waals surface area contributed by atoms with Gasteiger partial charge in [0.05, 0.1) is 6.61 Å². The fraction of sp³-hybridized carbons (Fsp3) is 0.625. The largest absolute Gasteiger partial charge is 0.488 e. The highest BCUT2D eigenvalue weighted by atomic mass is 35.5. The molecule has 112 valence electrons. The van der Waals surface area contributed by atoms with Crippen molar-refractivity contribution in [3.8, 4) is 5.75 Å². The minimum absolute atomic E-state index is 0.208. The van der Waals surface area contributed by atoms with E-state index in [1.54, 1.807) is 0 Å². The summed E-state index contributed by atoms with van der Waals surface area (Å²) in [5.41, 5.74) is 1.21. The molecule has 2 rings (SSSR count). The van der Waals surface area contributed by atoms with Gasteiger partial charge < -0.3 is 14.8 Å². The monoisotopic (exact) mass is 297 g/mol. The van der Waals surface area contributed by atoms with Gasteiger partial charge in [0.2, 0.25) is 0 Å². The third-order valence-corrected chi connectivity index (χ3v) is 3.63. The number of rotatable bonds is 8. The third-order valence-electron chi connectivity index (χ3n) is 3.40. The summed E-state index contributed by atoms with van der Waals surface area (Å²) in [4.78, 5) is 0. The number of ether oxygens (including phenoxy) is 2. The number of benzene rings is 1. The van der Waals surface area contributed by atoms with E-state index in [-0.39, 0.29) is 6.10 Å². The highest BCUT2D eigenvalue weighted by molar-refractivity contribution is 6.30. The zero-order valence-corrected chi connectivity index (χ0v) is 13.1. The van der Waals surface area contributed by atoms with Crippen LogP contribution in [-0.2, 0) is 11.2 Å². The van der Waals surface area contributed by atoms with Crippen molar-refractivity contribution >= 4 is 11.6 Å². The Morgan fingerprint density at radius 2 is 2.25 bits per heavy atom. The normalized spacial score (nSPS) is 17.3. The van der Waals surface area contributed by atoms with E-state index in [9.17, 15) is 0 Å². The summed E-state index contributed by atoms with van der Waals surface area (Å²) in [6.45, 7) is 7.75. The Morgan fingerprint density at radius 3 is 3.05 bits per heavy atom. The minimum Gasteiger partial charge on any atom is -0.488 e. The van der Waals surface area contributed by atoms with E-state index in [1.165, 1.54) is 5.56 Å². The van der Waals surface area contributed by atoms with Gasteiger partial charge in [-0.1, -0.05) is 25.4 Å². The van der Waals surface area contributed by atoms with Crippen LogP contribution in [0.2, 0.25) is 5.02 Å². The number of halogens is 1. The summed E-state index contributed by atoms with van der Waals surface area (Å²) in [7, 11) is 0. The van der Waals surface area contributed by atoms with Crippen molar-refractivity contribution in [2.75, 3.05) is 26.3 Å². The van der Waals surface area contributed by atoms with Crippen LogP contribution in [0.1, 0.15) is 25.8 Å². The summed E-state index contributed by atoms with van der Waals surface area (Å²) in [5, 5.41) is 4.16. The number of hydrogen-bond acceptors (Lipinski definition) is 3. The van der Waals surface area contributed by atoms with Crippen molar-refractivity contribution in [3.63, 3.8) is 0 Å². The Balaban J connectivity index is 1.56. The molecule has 0 saturated carbocycles. The van der Waals surface area contributed by atoms with Crippen molar-refractivity contribution in [3.05, 3.63) is 28.8 Å². The Hall–Kier alpha value is -0.770. The Labute approximate surface area is 126 Å². The summed E-state index contributed by atoms with van der Waals surface area (Å²) in [5.74, 6) is 1.68. The van der Waals surface area contributed by atoms with Crippen LogP contribution < -0.4 is 10.1 Å². The maximum Gasteiger partial charge on any atom is 0.123 e. The minimum atomic E-state index is 0.208. The quantitative estimate of drug-likeness (QED) is 0.747. The maximum atomic E-state index is 5.98. The molecular weight excluding hydrogens is 274 g/mol. The lowest BCUT2D eigenvalue weighted by atomic mass is 10.1. The third kappa shape index (κ3) is 4.97. The number of fused-ring (bicyclic) bond motifs is 1. The molecule has 1 unspecified atom stereocenters. The van der Waals surface area contributed by atoms with E-state index in [2.05, 4.69) is 19.2 Å². The first-order valence-corrected chi connectivity index (χ1v) is 7.76. The predicted molar refractivity (Wildman–Crippen MR) is 82.7 cm³/mol. The lowest BCUT2D eigenvalue weighted by molar-refractivity contribution is 0.122. The van der Waals surface area contributed by atoms with E-state index < -0.39 is 0 Å². The van der Waals surface area contributed by atoms with Crippen LogP contribution in [0.4, 0.5) is 0 Å². The Morgan fingerprint density at radius 1 is 1.40 bits per heavy atom. The van der Waals surface area contributed by atoms with Crippen LogP contribution in [0.25, 0.3) is 0 Å². The Bertz CT molecular complexity index is 423. The molecule has 3 nitrogen and oxygen atoms in total. The molecule has 1 aromatic carbocycles. The Kier molecular flexibility index (Phi) is 6.14. The average molecular weight is 298 g/mol. The fourth-order valence-corrected chi connectivity index (χ4v) is 2.43. The maximum absolute atomic E-state index is 5.98. The molecule has 1 aliphatic rings. The highest BCUT2D eigenvalue weighted by Gasteiger charge is 2.22. The molecule has 1 aliphatic heterocycles. The molecule has 0 radical (unpaired) electrons. The summed E-state index contributed by atoms with van der Waals surface area (Å²) < 4.78 is 11.4. The van der Waals surface area contributed by atoms with Gasteiger partial charge in [0.15, 0.2) is 0 Å². The van der Waals surface area contributed by atoms with E-state index >= 15 is 0 Å².